The molecule has 0 aliphatic carbocycles. The van der Waals surface area contributed by atoms with Crippen molar-refractivity contribution in [1.82, 2.24) is 4.57 Å². The molecule has 3 rings (SSSR count). The van der Waals surface area contributed by atoms with E-state index in [0.29, 0.717) is 22.4 Å². The van der Waals surface area contributed by atoms with Gasteiger partial charge in [-0.1, -0.05) is 18.7 Å². The van der Waals surface area contributed by atoms with Crippen molar-refractivity contribution < 1.29 is 19.4 Å². The summed E-state index contributed by atoms with van der Waals surface area (Å²) in [5, 5.41) is 9.85. The summed E-state index contributed by atoms with van der Waals surface area (Å²) in [5.74, 6) is -0.475. The summed E-state index contributed by atoms with van der Waals surface area (Å²) in [6.07, 6.45) is 1.24. The number of fused-ring (bicyclic) bond motifs is 1. The van der Waals surface area contributed by atoms with Crippen LogP contribution in [0.15, 0.2) is 61.4 Å². The second-order valence-electron chi connectivity index (χ2n) is 5.66. The van der Waals surface area contributed by atoms with Crippen LogP contribution in [0.3, 0.4) is 0 Å². The highest BCUT2D eigenvalue weighted by atomic mass is 16.5. The van der Waals surface area contributed by atoms with Gasteiger partial charge in [0.1, 0.15) is 5.75 Å². The molecule has 0 saturated carbocycles. The number of hydrogen-bond acceptors (Lipinski definition) is 3. The Labute approximate surface area is 144 Å². The summed E-state index contributed by atoms with van der Waals surface area (Å²) in [6, 6.07) is 14.0. The van der Waals surface area contributed by atoms with E-state index in [1.807, 2.05) is 19.1 Å². The predicted octanol–water partition coefficient (Wildman–Crippen LogP) is 3.79. The molecular weight excluding hydrogens is 318 g/mol. The number of aliphatic carboxylic acids is 1. The van der Waals surface area contributed by atoms with Gasteiger partial charge in [0.15, 0.2) is 0 Å². The van der Waals surface area contributed by atoms with Gasteiger partial charge in [-0.05, 0) is 48.9 Å². The number of ether oxygens (including phenoxy) is 1. The molecule has 3 aromatic rings. The molecule has 0 unspecified atom stereocenters. The van der Waals surface area contributed by atoms with Crippen LogP contribution in [0.4, 0.5) is 0 Å². The molecule has 0 atom stereocenters. The summed E-state index contributed by atoms with van der Waals surface area (Å²) in [6.45, 7) is 5.32. The lowest BCUT2D eigenvalue weighted by molar-refractivity contribution is -0.136. The first-order valence-electron chi connectivity index (χ1n) is 7.75. The molecule has 0 radical (unpaired) electrons. The van der Waals surface area contributed by atoms with E-state index in [2.05, 4.69) is 6.58 Å². The van der Waals surface area contributed by atoms with Gasteiger partial charge in [-0.3, -0.25) is 14.2 Å². The molecule has 1 aromatic heterocycles. The van der Waals surface area contributed by atoms with Crippen LogP contribution in [0.2, 0.25) is 0 Å². The van der Waals surface area contributed by atoms with E-state index in [1.165, 1.54) is 6.26 Å². The number of hydrogen-bond donors (Lipinski definition) is 1. The predicted molar refractivity (Wildman–Crippen MR) is 95.0 cm³/mol. The van der Waals surface area contributed by atoms with Gasteiger partial charge >= 0.3 is 5.97 Å². The lowest BCUT2D eigenvalue weighted by Gasteiger charge is -2.08. The molecule has 0 saturated heterocycles. The van der Waals surface area contributed by atoms with Crippen molar-refractivity contribution in [2.45, 2.75) is 13.3 Å². The Morgan fingerprint density at radius 1 is 1.20 bits per heavy atom. The number of nitrogens with zero attached hydrogens (tertiary/aromatic N) is 1. The largest absolute Gasteiger partial charge is 0.481 e. The Morgan fingerprint density at radius 3 is 2.56 bits per heavy atom. The Balaban J connectivity index is 2.05. The minimum Gasteiger partial charge on any atom is -0.481 e. The van der Waals surface area contributed by atoms with Gasteiger partial charge in [-0.25, -0.2) is 0 Å². The van der Waals surface area contributed by atoms with Gasteiger partial charge in [-0.2, -0.15) is 0 Å². The van der Waals surface area contributed by atoms with E-state index in [9.17, 15) is 9.59 Å². The van der Waals surface area contributed by atoms with Crippen molar-refractivity contribution in [1.29, 1.82) is 0 Å². The van der Waals surface area contributed by atoms with Crippen molar-refractivity contribution in [3.8, 4) is 5.75 Å². The summed E-state index contributed by atoms with van der Waals surface area (Å²) < 4.78 is 6.77. The molecule has 0 bridgehead atoms. The third-order valence-corrected chi connectivity index (χ3v) is 3.99. The molecule has 1 N–H and O–H groups in total. The maximum absolute atomic E-state index is 12.9. The molecular formula is C20H17NO4. The minimum absolute atomic E-state index is 0.0808. The number of carbonyl (C=O) groups excluding carboxylic acids is 1. The zero-order valence-electron chi connectivity index (χ0n) is 13.7. The van der Waals surface area contributed by atoms with Crippen LogP contribution in [0.5, 0.6) is 5.75 Å². The summed E-state index contributed by atoms with van der Waals surface area (Å²) in [7, 11) is 0. The quantitative estimate of drug-likeness (QED) is 0.720. The Kier molecular flexibility index (Phi) is 4.39. The second-order valence-corrected chi connectivity index (χ2v) is 5.66. The van der Waals surface area contributed by atoms with Crippen molar-refractivity contribution in [3.63, 3.8) is 0 Å². The smallest absolute Gasteiger partial charge is 0.307 e. The van der Waals surface area contributed by atoms with E-state index >= 15 is 0 Å². The molecule has 25 heavy (non-hydrogen) atoms. The van der Waals surface area contributed by atoms with Crippen molar-refractivity contribution in [2.75, 3.05) is 0 Å². The summed E-state index contributed by atoms with van der Waals surface area (Å²) >= 11 is 0. The van der Waals surface area contributed by atoms with Gasteiger partial charge in [0, 0.05) is 16.6 Å². The van der Waals surface area contributed by atoms with Gasteiger partial charge in [0.25, 0.3) is 5.91 Å². The van der Waals surface area contributed by atoms with Gasteiger partial charge in [0.2, 0.25) is 0 Å². The fraction of sp³-hybridized carbons (Fsp3) is 0.100. The zero-order valence-corrected chi connectivity index (χ0v) is 13.7. The maximum Gasteiger partial charge on any atom is 0.307 e. The van der Waals surface area contributed by atoms with E-state index < -0.39 is 5.97 Å². The number of carbonyl (C=O) groups is 2. The van der Waals surface area contributed by atoms with Crippen LogP contribution >= 0.6 is 0 Å². The highest BCUT2D eigenvalue weighted by Crippen LogP contribution is 2.25. The number of carboxylic acids is 1. The van der Waals surface area contributed by atoms with Crippen LogP contribution in [0, 0.1) is 6.92 Å². The zero-order chi connectivity index (χ0) is 18.0. The average Bonchev–Trinajstić information content (AvgIpc) is 2.92. The molecule has 126 valence electrons. The van der Waals surface area contributed by atoms with Gasteiger partial charge in [0.05, 0.1) is 18.2 Å². The highest BCUT2D eigenvalue weighted by Gasteiger charge is 2.17. The number of aryl methyl sites for hydroxylation is 1. The fourth-order valence-electron chi connectivity index (χ4n) is 2.91. The number of rotatable bonds is 5. The molecule has 2 aromatic carbocycles. The van der Waals surface area contributed by atoms with Gasteiger partial charge < -0.3 is 9.84 Å². The molecule has 1 heterocycles. The van der Waals surface area contributed by atoms with Crippen molar-refractivity contribution in [2.24, 2.45) is 0 Å². The average molecular weight is 335 g/mol. The third kappa shape index (κ3) is 3.17. The van der Waals surface area contributed by atoms with E-state index in [-0.39, 0.29) is 12.3 Å². The maximum atomic E-state index is 12.9. The number of benzene rings is 2. The monoisotopic (exact) mass is 335 g/mol. The SMILES string of the molecule is C=COc1ccc(C(=O)n2c(C)cc3c(CC(=O)O)cccc32)cc1. The normalized spacial score (nSPS) is 10.6. The summed E-state index contributed by atoms with van der Waals surface area (Å²) in [4.78, 5) is 24.0. The number of carboxylic acid groups (broad SMARTS) is 1. The van der Waals surface area contributed by atoms with Crippen LogP contribution in [0.1, 0.15) is 21.6 Å². The second kappa shape index (κ2) is 6.65. The molecule has 5 nitrogen and oxygen atoms in total. The summed E-state index contributed by atoms with van der Waals surface area (Å²) in [5.41, 5.74) is 2.66. The topological polar surface area (TPSA) is 68.5 Å². The van der Waals surface area contributed by atoms with E-state index in [0.717, 1.165) is 11.1 Å². The molecule has 5 heteroatoms. The Hall–Kier alpha value is -3.34. The lowest BCUT2D eigenvalue weighted by Crippen LogP contribution is -2.13. The third-order valence-electron chi connectivity index (χ3n) is 3.99. The molecule has 0 aliphatic rings. The van der Waals surface area contributed by atoms with Crippen molar-refractivity contribution in [3.05, 3.63) is 78.2 Å². The van der Waals surface area contributed by atoms with Crippen LogP contribution in [-0.4, -0.2) is 21.6 Å². The van der Waals surface area contributed by atoms with Crippen LogP contribution < -0.4 is 4.74 Å². The standard InChI is InChI=1S/C20H17NO4/c1-3-25-16-9-7-14(8-10-16)20(24)21-13(2)11-17-15(12-19(22)23)5-4-6-18(17)21/h3-11H,1,12H2,2H3,(H,22,23). The minimum atomic E-state index is -0.901. The first-order chi connectivity index (χ1) is 12.0. The van der Waals surface area contributed by atoms with E-state index in [1.54, 1.807) is 41.0 Å². The fourth-order valence-corrected chi connectivity index (χ4v) is 2.91. The molecule has 0 aliphatic heterocycles. The first kappa shape index (κ1) is 16.5. The molecule has 0 spiro atoms. The van der Waals surface area contributed by atoms with Crippen LogP contribution in [0.25, 0.3) is 10.9 Å². The van der Waals surface area contributed by atoms with Gasteiger partial charge in [-0.15, -0.1) is 0 Å². The lowest BCUT2D eigenvalue weighted by atomic mass is 10.1. The first-order valence-corrected chi connectivity index (χ1v) is 7.75. The van der Waals surface area contributed by atoms with E-state index in [4.69, 9.17) is 9.84 Å². The van der Waals surface area contributed by atoms with Crippen molar-refractivity contribution >= 4 is 22.8 Å². The molecule has 0 amide bonds. The Morgan fingerprint density at radius 2 is 1.92 bits per heavy atom. The Bertz CT molecular complexity index is 967. The van der Waals surface area contributed by atoms with Crippen LogP contribution in [-0.2, 0) is 11.2 Å². The highest BCUT2D eigenvalue weighted by molar-refractivity contribution is 6.04. The molecule has 0 fully saturated rings. The number of aromatic nitrogens is 1.